The van der Waals surface area contributed by atoms with Crippen LogP contribution in [-0.4, -0.2) is 53.2 Å². The van der Waals surface area contributed by atoms with Crippen molar-refractivity contribution in [1.82, 2.24) is 9.97 Å². The van der Waals surface area contributed by atoms with Gasteiger partial charge in [0.25, 0.3) is 0 Å². The van der Waals surface area contributed by atoms with Crippen LogP contribution in [0.5, 0.6) is 5.75 Å². The van der Waals surface area contributed by atoms with Crippen molar-refractivity contribution in [3.63, 3.8) is 0 Å². The van der Waals surface area contributed by atoms with Crippen molar-refractivity contribution < 1.29 is 36.9 Å². The molecule has 1 aromatic heterocycles. The van der Waals surface area contributed by atoms with Gasteiger partial charge in [0.1, 0.15) is 52.6 Å². The Hall–Kier alpha value is -3.46. The SMILES string of the molecule is C#Cc1c(OCCOC2COC2)cc2c(N[C@H](C)c3cccc(C(F)(F)C(C)(C)O)c3F)nc(C)nc2c1F. The normalized spacial score (nSPS) is 15.1. The zero-order valence-corrected chi connectivity index (χ0v) is 21.9. The predicted octanol–water partition coefficient (Wildman–Crippen LogP) is 5.03. The molecule has 1 aliphatic rings. The molecule has 1 atom stereocenters. The van der Waals surface area contributed by atoms with Gasteiger partial charge in [0.05, 0.1) is 31.4 Å². The fraction of sp³-hybridized carbons (Fsp3) is 0.429. The van der Waals surface area contributed by atoms with Crippen LogP contribution in [0.3, 0.4) is 0 Å². The number of benzene rings is 2. The molecule has 1 fully saturated rings. The Bertz CT molecular complexity index is 1410. The summed E-state index contributed by atoms with van der Waals surface area (Å²) in [7, 11) is 0. The fourth-order valence-electron chi connectivity index (χ4n) is 4.09. The highest BCUT2D eigenvalue weighted by Gasteiger charge is 2.49. The zero-order valence-electron chi connectivity index (χ0n) is 21.9. The number of nitrogens with one attached hydrogen (secondary N) is 1. The van der Waals surface area contributed by atoms with Crippen LogP contribution in [0.25, 0.3) is 10.9 Å². The third-order valence-electron chi connectivity index (χ3n) is 6.41. The van der Waals surface area contributed by atoms with Crippen molar-refractivity contribution in [3.8, 4) is 18.1 Å². The van der Waals surface area contributed by atoms with Crippen molar-refractivity contribution in [1.29, 1.82) is 0 Å². The molecule has 39 heavy (non-hydrogen) atoms. The van der Waals surface area contributed by atoms with Crippen LogP contribution in [0.1, 0.15) is 49.3 Å². The van der Waals surface area contributed by atoms with Gasteiger partial charge in [-0.3, -0.25) is 0 Å². The molecule has 2 heterocycles. The van der Waals surface area contributed by atoms with Crippen LogP contribution in [0.4, 0.5) is 23.4 Å². The maximum absolute atomic E-state index is 15.5. The van der Waals surface area contributed by atoms with E-state index >= 15 is 8.78 Å². The van der Waals surface area contributed by atoms with Crippen LogP contribution < -0.4 is 10.1 Å². The second-order valence-electron chi connectivity index (χ2n) is 9.81. The van der Waals surface area contributed by atoms with Crippen LogP contribution >= 0.6 is 0 Å². The number of halogens is 4. The summed E-state index contributed by atoms with van der Waals surface area (Å²) >= 11 is 0. The molecule has 0 saturated carbocycles. The lowest BCUT2D eigenvalue weighted by molar-refractivity contribution is -0.170. The summed E-state index contributed by atoms with van der Waals surface area (Å²) in [6, 6.07) is 4.13. The number of anilines is 1. The van der Waals surface area contributed by atoms with Crippen LogP contribution in [0.2, 0.25) is 0 Å². The number of terminal acetylenes is 1. The molecule has 3 aromatic rings. The molecule has 0 unspecified atom stereocenters. The molecule has 208 valence electrons. The molecule has 0 radical (unpaired) electrons. The number of hydrogen-bond acceptors (Lipinski definition) is 7. The quantitative estimate of drug-likeness (QED) is 0.209. The van der Waals surface area contributed by atoms with E-state index in [1.165, 1.54) is 18.2 Å². The smallest absolute Gasteiger partial charge is 0.303 e. The second kappa shape index (κ2) is 11.0. The first kappa shape index (κ1) is 28.5. The Balaban J connectivity index is 1.68. The van der Waals surface area contributed by atoms with Gasteiger partial charge in [-0.05, 0) is 39.8 Å². The lowest BCUT2D eigenvalue weighted by atomic mass is 9.91. The number of rotatable bonds is 10. The number of aromatic nitrogens is 2. The van der Waals surface area contributed by atoms with Gasteiger partial charge in [-0.1, -0.05) is 18.1 Å². The lowest BCUT2D eigenvalue weighted by Gasteiger charge is -2.30. The summed E-state index contributed by atoms with van der Waals surface area (Å²) in [4.78, 5) is 8.52. The summed E-state index contributed by atoms with van der Waals surface area (Å²) in [6.07, 6.45) is 5.55. The molecule has 0 bridgehead atoms. The van der Waals surface area contributed by atoms with Crippen molar-refractivity contribution in [3.05, 3.63) is 58.4 Å². The average Bonchev–Trinajstić information content (AvgIpc) is 2.82. The standard InChI is InChI=1S/C28H29F4N3O4/c1-6-18-22(39-11-10-38-17-13-37-14-17)12-20-25(24(18)30)34-16(3)35-26(20)33-15(2)19-8-7-9-21(23(19)29)28(31,32)27(4,5)36/h1,7-9,12,15,17,36H,10-11,13-14H2,2-5H3,(H,33,34,35)/t15-/m1/s1. The minimum atomic E-state index is -3.86. The van der Waals surface area contributed by atoms with Crippen molar-refractivity contribution >= 4 is 16.7 Å². The number of nitrogens with zero attached hydrogens (tertiary/aromatic N) is 2. The number of ether oxygens (including phenoxy) is 3. The minimum absolute atomic E-state index is 0.00925. The largest absolute Gasteiger partial charge is 0.490 e. The van der Waals surface area contributed by atoms with Gasteiger partial charge >= 0.3 is 5.92 Å². The summed E-state index contributed by atoms with van der Waals surface area (Å²) in [5.74, 6) is -3.15. The molecule has 0 aliphatic carbocycles. The molecule has 0 spiro atoms. The lowest BCUT2D eigenvalue weighted by Crippen LogP contribution is -2.41. The monoisotopic (exact) mass is 547 g/mol. The number of aliphatic hydroxyl groups is 1. The molecule has 1 aliphatic heterocycles. The highest BCUT2D eigenvalue weighted by atomic mass is 19.3. The number of alkyl halides is 2. The first-order valence-electron chi connectivity index (χ1n) is 12.3. The highest BCUT2D eigenvalue weighted by molar-refractivity contribution is 5.92. The molecule has 7 nitrogen and oxygen atoms in total. The second-order valence-corrected chi connectivity index (χ2v) is 9.81. The van der Waals surface area contributed by atoms with Gasteiger partial charge in [0, 0.05) is 10.9 Å². The molecule has 2 N–H and O–H groups in total. The summed E-state index contributed by atoms with van der Waals surface area (Å²) < 4.78 is 76.7. The van der Waals surface area contributed by atoms with E-state index in [4.69, 9.17) is 20.6 Å². The van der Waals surface area contributed by atoms with E-state index in [2.05, 4.69) is 21.2 Å². The maximum atomic E-state index is 15.5. The zero-order chi connectivity index (χ0) is 28.5. The van der Waals surface area contributed by atoms with E-state index in [-0.39, 0.29) is 58.7 Å². The third-order valence-corrected chi connectivity index (χ3v) is 6.41. The van der Waals surface area contributed by atoms with Crippen molar-refractivity contribution in [2.45, 2.75) is 51.4 Å². The van der Waals surface area contributed by atoms with Gasteiger partial charge in [0.15, 0.2) is 5.82 Å². The first-order chi connectivity index (χ1) is 18.3. The molecule has 11 heteroatoms. The molecular formula is C28H29F4N3O4. The number of aryl methyl sites for hydroxylation is 1. The van der Waals surface area contributed by atoms with E-state index < -0.39 is 34.8 Å². The molecule has 1 saturated heterocycles. The first-order valence-corrected chi connectivity index (χ1v) is 12.3. The molecule has 4 rings (SSSR count). The molecule has 0 amide bonds. The van der Waals surface area contributed by atoms with Crippen LogP contribution in [0, 0.1) is 30.9 Å². The van der Waals surface area contributed by atoms with Gasteiger partial charge in [-0.25, -0.2) is 18.7 Å². The third kappa shape index (κ3) is 5.64. The van der Waals surface area contributed by atoms with Crippen LogP contribution in [0.15, 0.2) is 24.3 Å². The van der Waals surface area contributed by atoms with Crippen molar-refractivity contribution in [2.75, 3.05) is 31.7 Å². The van der Waals surface area contributed by atoms with E-state index in [0.717, 1.165) is 19.9 Å². The Morgan fingerprint density at radius 3 is 2.54 bits per heavy atom. The molecular weight excluding hydrogens is 518 g/mol. The summed E-state index contributed by atoms with van der Waals surface area (Å²) in [5, 5.41) is 13.1. The van der Waals surface area contributed by atoms with Gasteiger partial charge in [-0.15, -0.1) is 6.42 Å². The molecule has 2 aromatic carbocycles. The Labute approximate surface area is 223 Å². The van der Waals surface area contributed by atoms with Crippen LogP contribution in [-0.2, 0) is 15.4 Å². The summed E-state index contributed by atoms with van der Waals surface area (Å²) in [6.45, 7) is 6.23. The van der Waals surface area contributed by atoms with Gasteiger partial charge < -0.3 is 24.6 Å². The predicted molar refractivity (Wildman–Crippen MR) is 137 cm³/mol. The van der Waals surface area contributed by atoms with Gasteiger partial charge in [0.2, 0.25) is 0 Å². The number of fused-ring (bicyclic) bond motifs is 1. The maximum Gasteiger partial charge on any atom is 0.303 e. The van der Waals surface area contributed by atoms with Gasteiger partial charge in [-0.2, -0.15) is 8.78 Å². The Morgan fingerprint density at radius 2 is 1.92 bits per heavy atom. The van der Waals surface area contributed by atoms with E-state index in [1.807, 2.05) is 0 Å². The fourth-order valence-corrected chi connectivity index (χ4v) is 4.09. The van der Waals surface area contributed by atoms with E-state index in [9.17, 15) is 13.9 Å². The van der Waals surface area contributed by atoms with Crippen molar-refractivity contribution in [2.24, 2.45) is 0 Å². The van der Waals surface area contributed by atoms with E-state index in [1.54, 1.807) is 13.8 Å². The Kier molecular flexibility index (Phi) is 8.02. The minimum Gasteiger partial charge on any atom is -0.490 e. The number of hydrogen-bond donors (Lipinski definition) is 2. The Morgan fingerprint density at radius 1 is 1.21 bits per heavy atom. The highest BCUT2D eigenvalue weighted by Crippen LogP contribution is 2.41. The average molecular weight is 548 g/mol. The topological polar surface area (TPSA) is 85.7 Å². The van der Waals surface area contributed by atoms with E-state index in [0.29, 0.717) is 13.2 Å². The summed E-state index contributed by atoms with van der Waals surface area (Å²) in [5.41, 5.74) is -3.75.